The number of hydrogen-bond donors (Lipinski definition) is 0. The summed E-state index contributed by atoms with van der Waals surface area (Å²) in [6.07, 6.45) is 6.80. The zero-order chi connectivity index (χ0) is 15.5. The molecule has 1 saturated heterocycles. The number of rotatable bonds is 4. The van der Waals surface area contributed by atoms with Crippen LogP contribution in [0.5, 0.6) is 0 Å². The first-order chi connectivity index (χ1) is 10.7. The minimum absolute atomic E-state index is 0.308. The predicted molar refractivity (Wildman–Crippen MR) is 84.0 cm³/mol. The van der Waals surface area contributed by atoms with Crippen LogP contribution in [0, 0.1) is 0 Å². The number of anilines is 1. The maximum Gasteiger partial charge on any atom is 0.229 e. The van der Waals surface area contributed by atoms with Crippen molar-refractivity contribution in [3.8, 4) is 0 Å². The summed E-state index contributed by atoms with van der Waals surface area (Å²) in [4.78, 5) is 15.7. The van der Waals surface area contributed by atoms with E-state index in [1.165, 1.54) is 5.56 Å². The van der Waals surface area contributed by atoms with Gasteiger partial charge in [0.15, 0.2) is 5.82 Å². The molecule has 1 aliphatic heterocycles. The molecule has 0 N–H and O–H groups in total. The van der Waals surface area contributed by atoms with E-state index < -0.39 is 0 Å². The molecule has 6 heteroatoms. The van der Waals surface area contributed by atoms with Gasteiger partial charge < -0.3 is 9.42 Å². The van der Waals surface area contributed by atoms with Crippen LogP contribution in [0.3, 0.4) is 0 Å². The summed E-state index contributed by atoms with van der Waals surface area (Å²) in [6, 6.07) is 0. The Bertz CT molecular complexity index is 599. The van der Waals surface area contributed by atoms with E-state index in [0.29, 0.717) is 11.8 Å². The molecular formula is C16H23N5O. The fraction of sp³-hybridized carbons (Fsp3) is 0.625. The second kappa shape index (κ2) is 6.42. The van der Waals surface area contributed by atoms with E-state index in [2.05, 4.69) is 45.8 Å². The topological polar surface area (TPSA) is 67.9 Å². The van der Waals surface area contributed by atoms with Crippen molar-refractivity contribution >= 4 is 5.95 Å². The summed E-state index contributed by atoms with van der Waals surface area (Å²) in [5.74, 6) is 3.07. The molecule has 3 rings (SSSR count). The summed E-state index contributed by atoms with van der Waals surface area (Å²) >= 11 is 0. The molecule has 0 radical (unpaired) electrons. The van der Waals surface area contributed by atoms with E-state index in [1.807, 2.05) is 12.4 Å². The molecule has 0 unspecified atom stereocenters. The first-order valence-corrected chi connectivity index (χ1v) is 8.06. The van der Waals surface area contributed by atoms with Crippen molar-refractivity contribution in [2.45, 2.75) is 51.9 Å². The van der Waals surface area contributed by atoms with Crippen LogP contribution in [0.25, 0.3) is 0 Å². The highest BCUT2D eigenvalue weighted by Gasteiger charge is 2.26. The lowest BCUT2D eigenvalue weighted by atomic mass is 9.97. The van der Waals surface area contributed by atoms with Gasteiger partial charge in [0, 0.05) is 37.3 Å². The van der Waals surface area contributed by atoms with Gasteiger partial charge in [0.25, 0.3) is 0 Å². The van der Waals surface area contributed by atoms with Crippen LogP contribution in [0.4, 0.5) is 5.95 Å². The van der Waals surface area contributed by atoms with Crippen LogP contribution >= 0.6 is 0 Å². The average molecular weight is 301 g/mol. The van der Waals surface area contributed by atoms with Crippen molar-refractivity contribution in [1.29, 1.82) is 0 Å². The summed E-state index contributed by atoms with van der Waals surface area (Å²) in [5, 5.41) is 4.06. The lowest BCUT2D eigenvalue weighted by Crippen LogP contribution is -2.34. The van der Waals surface area contributed by atoms with E-state index in [1.54, 1.807) is 0 Å². The summed E-state index contributed by atoms with van der Waals surface area (Å²) < 4.78 is 5.43. The molecule has 0 bridgehead atoms. The van der Waals surface area contributed by atoms with Gasteiger partial charge in [0.2, 0.25) is 11.8 Å². The van der Waals surface area contributed by atoms with Gasteiger partial charge in [0.1, 0.15) is 0 Å². The van der Waals surface area contributed by atoms with Crippen LogP contribution in [0.2, 0.25) is 0 Å². The molecule has 1 aliphatic rings. The third-order valence-electron chi connectivity index (χ3n) is 4.20. The fourth-order valence-corrected chi connectivity index (χ4v) is 2.67. The fourth-order valence-electron chi connectivity index (χ4n) is 2.67. The van der Waals surface area contributed by atoms with E-state index in [4.69, 9.17) is 4.52 Å². The number of nitrogens with zero attached hydrogens (tertiary/aromatic N) is 5. The van der Waals surface area contributed by atoms with Gasteiger partial charge in [0.05, 0.1) is 0 Å². The molecule has 118 valence electrons. The van der Waals surface area contributed by atoms with Gasteiger partial charge in [-0.1, -0.05) is 25.9 Å². The Morgan fingerprint density at radius 3 is 2.45 bits per heavy atom. The number of aryl methyl sites for hydroxylation is 1. The first kappa shape index (κ1) is 14.9. The Hall–Kier alpha value is -1.98. The van der Waals surface area contributed by atoms with E-state index >= 15 is 0 Å². The lowest BCUT2D eigenvalue weighted by molar-refractivity contribution is 0.325. The number of hydrogen-bond acceptors (Lipinski definition) is 6. The van der Waals surface area contributed by atoms with Crippen LogP contribution in [0.1, 0.15) is 62.7 Å². The molecule has 2 aromatic rings. The smallest absolute Gasteiger partial charge is 0.229 e. The zero-order valence-electron chi connectivity index (χ0n) is 13.5. The Labute approximate surface area is 131 Å². The maximum atomic E-state index is 5.43. The van der Waals surface area contributed by atoms with Gasteiger partial charge in [-0.25, -0.2) is 9.97 Å². The summed E-state index contributed by atoms with van der Waals surface area (Å²) in [6.45, 7) is 8.12. The molecule has 0 saturated carbocycles. The number of aromatic nitrogens is 4. The Morgan fingerprint density at radius 1 is 1.23 bits per heavy atom. The molecule has 3 heterocycles. The molecular weight excluding hydrogens is 278 g/mol. The van der Waals surface area contributed by atoms with Crippen molar-refractivity contribution in [2.24, 2.45) is 0 Å². The first-order valence-electron chi connectivity index (χ1n) is 8.06. The Kier molecular flexibility index (Phi) is 4.36. The highest BCUT2D eigenvalue weighted by molar-refractivity contribution is 5.31. The van der Waals surface area contributed by atoms with Crippen molar-refractivity contribution in [1.82, 2.24) is 20.1 Å². The van der Waals surface area contributed by atoms with Gasteiger partial charge in [-0.15, -0.1) is 0 Å². The van der Waals surface area contributed by atoms with Crippen LogP contribution in [-0.4, -0.2) is 33.2 Å². The number of piperidine rings is 1. The molecule has 0 aromatic carbocycles. The SMILES string of the molecule is CCc1cnc(N2CCC(c3nc(C(C)C)no3)CC2)nc1. The van der Waals surface area contributed by atoms with Gasteiger partial charge in [-0.3, -0.25) is 0 Å². The molecule has 6 nitrogen and oxygen atoms in total. The van der Waals surface area contributed by atoms with Crippen molar-refractivity contribution in [3.05, 3.63) is 29.7 Å². The average Bonchev–Trinajstić information content (AvgIpc) is 3.05. The monoisotopic (exact) mass is 301 g/mol. The second-order valence-corrected chi connectivity index (χ2v) is 6.15. The van der Waals surface area contributed by atoms with Crippen molar-refractivity contribution < 1.29 is 4.52 Å². The minimum atomic E-state index is 0.308. The second-order valence-electron chi connectivity index (χ2n) is 6.15. The normalized spacial score (nSPS) is 16.5. The third kappa shape index (κ3) is 3.10. The standard InChI is InChI=1S/C16H23N5O/c1-4-12-9-17-16(18-10-12)21-7-5-13(6-8-21)15-19-14(11(2)3)20-22-15/h9-11,13H,4-8H2,1-3H3. The minimum Gasteiger partial charge on any atom is -0.341 e. The predicted octanol–water partition coefficient (Wildman–Crippen LogP) is 2.93. The van der Waals surface area contributed by atoms with Crippen molar-refractivity contribution in [3.63, 3.8) is 0 Å². The van der Waals surface area contributed by atoms with Crippen LogP contribution < -0.4 is 4.90 Å². The zero-order valence-corrected chi connectivity index (χ0v) is 13.5. The van der Waals surface area contributed by atoms with Crippen molar-refractivity contribution in [2.75, 3.05) is 18.0 Å². The van der Waals surface area contributed by atoms with Crippen LogP contribution in [-0.2, 0) is 6.42 Å². The summed E-state index contributed by atoms with van der Waals surface area (Å²) in [7, 11) is 0. The van der Waals surface area contributed by atoms with Crippen LogP contribution in [0.15, 0.2) is 16.9 Å². The van der Waals surface area contributed by atoms with Gasteiger partial charge in [-0.2, -0.15) is 4.98 Å². The molecule has 0 amide bonds. The highest BCUT2D eigenvalue weighted by Crippen LogP contribution is 2.29. The molecule has 22 heavy (non-hydrogen) atoms. The summed E-state index contributed by atoms with van der Waals surface area (Å²) in [5.41, 5.74) is 1.17. The highest BCUT2D eigenvalue weighted by atomic mass is 16.5. The van der Waals surface area contributed by atoms with Gasteiger partial charge in [-0.05, 0) is 24.8 Å². The Balaban J connectivity index is 1.61. The van der Waals surface area contributed by atoms with E-state index in [0.717, 1.165) is 50.0 Å². The van der Waals surface area contributed by atoms with E-state index in [9.17, 15) is 0 Å². The van der Waals surface area contributed by atoms with Gasteiger partial charge >= 0.3 is 0 Å². The maximum absolute atomic E-state index is 5.43. The van der Waals surface area contributed by atoms with E-state index in [-0.39, 0.29) is 0 Å². The largest absolute Gasteiger partial charge is 0.341 e. The molecule has 0 aliphatic carbocycles. The third-order valence-corrected chi connectivity index (χ3v) is 4.20. The molecule has 0 spiro atoms. The quantitative estimate of drug-likeness (QED) is 0.865. The lowest BCUT2D eigenvalue weighted by Gasteiger charge is -2.30. The molecule has 1 fully saturated rings. The molecule has 0 atom stereocenters. The molecule has 2 aromatic heterocycles. The Morgan fingerprint density at radius 2 is 1.91 bits per heavy atom.